The molecule has 0 atom stereocenters. The second kappa shape index (κ2) is 11.2. The minimum absolute atomic E-state index is 0.128. The van der Waals surface area contributed by atoms with Gasteiger partial charge in [-0.3, -0.25) is 9.36 Å². The van der Waals surface area contributed by atoms with Gasteiger partial charge in [-0.2, -0.15) is 5.10 Å². The van der Waals surface area contributed by atoms with Gasteiger partial charge in [0, 0.05) is 11.3 Å². The fourth-order valence-corrected chi connectivity index (χ4v) is 3.91. The van der Waals surface area contributed by atoms with Gasteiger partial charge in [0.05, 0.1) is 26.2 Å². The fraction of sp³-hybridized carbons (Fsp3) is 0.120. The molecule has 9 heteroatoms. The van der Waals surface area contributed by atoms with E-state index in [-0.39, 0.29) is 11.7 Å². The SMILES string of the molecule is COc1ccc(-c2nnc(SCC(=O)N/N=C\c3cccc(OC)c3)n2-c2ccccc2)cc1. The Balaban J connectivity index is 1.48. The van der Waals surface area contributed by atoms with Crippen LogP contribution in [0.25, 0.3) is 17.1 Å². The number of carbonyl (C=O) groups is 1. The molecule has 34 heavy (non-hydrogen) atoms. The van der Waals surface area contributed by atoms with E-state index in [1.807, 2.05) is 83.4 Å². The summed E-state index contributed by atoms with van der Waals surface area (Å²) in [6.07, 6.45) is 1.57. The zero-order valence-electron chi connectivity index (χ0n) is 18.7. The molecule has 4 aromatic rings. The second-order valence-electron chi connectivity index (χ2n) is 7.06. The van der Waals surface area contributed by atoms with Crippen LogP contribution in [0.1, 0.15) is 5.56 Å². The first-order chi connectivity index (χ1) is 16.7. The lowest BCUT2D eigenvalue weighted by Crippen LogP contribution is -2.20. The maximum absolute atomic E-state index is 12.4. The topological polar surface area (TPSA) is 90.6 Å². The summed E-state index contributed by atoms with van der Waals surface area (Å²) in [5.41, 5.74) is 5.15. The number of nitrogens with zero attached hydrogens (tertiary/aromatic N) is 4. The highest BCUT2D eigenvalue weighted by Crippen LogP contribution is 2.28. The summed E-state index contributed by atoms with van der Waals surface area (Å²) in [6.45, 7) is 0. The number of hydrazone groups is 1. The van der Waals surface area contributed by atoms with Crippen molar-refractivity contribution in [1.29, 1.82) is 0 Å². The molecule has 0 aliphatic carbocycles. The molecule has 0 aliphatic heterocycles. The summed E-state index contributed by atoms with van der Waals surface area (Å²) in [7, 11) is 3.23. The molecular formula is C25H23N5O3S. The zero-order valence-corrected chi connectivity index (χ0v) is 19.5. The number of methoxy groups -OCH3 is 2. The largest absolute Gasteiger partial charge is 0.497 e. The zero-order chi connectivity index (χ0) is 23.8. The highest BCUT2D eigenvalue weighted by molar-refractivity contribution is 7.99. The van der Waals surface area contributed by atoms with Crippen molar-refractivity contribution in [2.45, 2.75) is 5.16 Å². The van der Waals surface area contributed by atoms with Crippen LogP contribution in [0.2, 0.25) is 0 Å². The Morgan fingerprint density at radius 3 is 2.47 bits per heavy atom. The lowest BCUT2D eigenvalue weighted by molar-refractivity contribution is -0.118. The molecule has 0 unspecified atom stereocenters. The molecule has 1 amide bonds. The van der Waals surface area contributed by atoms with Gasteiger partial charge in [0.2, 0.25) is 0 Å². The average Bonchev–Trinajstić information content (AvgIpc) is 3.32. The van der Waals surface area contributed by atoms with Gasteiger partial charge in [-0.1, -0.05) is 42.1 Å². The normalized spacial score (nSPS) is 10.9. The Morgan fingerprint density at radius 2 is 1.74 bits per heavy atom. The Bertz CT molecular complexity index is 1270. The van der Waals surface area contributed by atoms with E-state index in [9.17, 15) is 4.79 Å². The molecule has 0 spiro atoms. The fourth-order valence-electron chi connectivity index (χ4n) is 3.16. The van der Waals surface area contributed by atoms with E-state index in [4.69, 9.17) is 9.47 Å². The van der Waals surface area contributed by atoms with E-state index in [2.05, 4.69) is 20.7 Å². The number of thioether (sulfide) groups is 1. The summed E-state index contributed by atoms with van der Waals surface area (Å²) in [4.78, 5) is 12.4. The smallest absolute Gasteiger partial charge is 0.250 e. The van der Waals surface area contributed by atoms with E-state index < -0.39 is 0 Å². The maximum Gasteiger partial charge on any atom is 0.250 e. The van der Waals surface area contributed by atoms with Crippen LogP contribution in [-0.2, 0) is 4.79 Å². The van der Waals surface area contributed by atoms with Crippen molar-refractivity contribution in [1.82, 2.24) is 20.2 Å². The van der Waals surface area contributed by atoms with Crippen LogP contribution < -0.4 is 14.9 Å². The number of ether oxygens (including phenoxy) is 2. The number of hydrogen-bond donors (Lipinski definition) is 1. The minimum Gasteiger partial charge on any atom is -0.497 e. The lowest BCUT2D eigenvalue weighted by atomic mass is 10.2. The third-order valence-corrected chi connectivity index (χ3v) is 5.75. The third kappa shape index (κ3) is 5.62. The molecule has 172 valence electrons. The van der Waals surface area contributed by atoms with Crippen LogP contribution >= 0.6 is 11.8 Å². The third-order valence-electron chi connectivity index (χ3n) is 4.82. The molecule has 3 aromatic carbocycles. The molecule has 0 bridgehead atoms. The van der Waals surface area contributed by atoms with Crippen molar-refractivity contribution in [2.75, 3.05) is 20.0 Å². The maximum atomic E-state index is 12.4. The van der Waals surface area contributed by atoms with Gasteiger partial charge < -0.3 is 9.47 Å². The number of hydrogen-bond acceptors (Lipinski definition) is 7. The second-order valence-corrected chi connectivity index (χ2v) is 8.01. The van der Waals surface area contributed by atoms with Gasteiger partial charge in [-0.15, -0.1) is 10.2 Å². The molecule has 1 heterocycles. The molecule has 0 fully saturated rings. The van der Waals surface area contributed by atoms with Crippen molar-refractivity contribution in [2.24, 2.45) is 5.10 Å². The van der Waals surface area contributed by atoms with Crippen LogP contribution in [0, 0.1) is 0 Å². The van der Waals surface area contributed by atoms with Crippen LogP contribution in [0.5, 0.6) is 11.5 Å². The Hall–Kier alpha value is -4.11. The number of benzene rings is 3. The number of nitrogens with one attached hydrogen (secondary N) is 1. The van der Waals surface area contributed by atoms with Gasteiger partial charge >= 0.3 is 0 Å². The van der Waals surface area contributed by atoms with Gasteiger partial charge in [0.15, 0.2) is 11.0 Å². The lowest BCUT2D eigenvalue weighted by Gasteiger charge is -2.10. The number of carbonyl (C=O) groups excluding carboxylic acids is 1. The highest BCUT2D eigenvalue weighted by atomic mass is 32.2. The van der Waals surface area contributed by atoms with Crippen molar-refractivity contribution < 1.29 is 14.3 Å². The van der Waals surface area contributed by atoms with E-state index in [0.29, 0.717) is 11.0 Å². The molecular weight excluding hydrogens is 450 g/mol. The number of para-hydroxylation sites is 1. The predicted octanol–water partition coefficient (Wildman–Crippen LogP) is 4.19. The summed E-state index contributed by atoms with van der Waals surface area (Å²) >= 11 is 1.28. The highest BCUT2D eigenvalue weighted by Gasteiger charge is 2.17. The van der Waals surface area contributed by atoms with E-state index >= 15 is 0 Å². The van der Waals surface area contributed by atoms with Crippen LogP contribution in [-0.4, -0.2) is 46.9 Å². The standard InChI is InChI=1S/C25H23N5O3S/c1-32-21-13-11-19(12-14-21)24-28-29-25(30(24)20-8-4-3-5-9-20)34-17-23(31)27-26-16-18-7-6-10-22(15-18)33-2/h3-16H,17H2,1-2H3,(H,27,31)/b26-16-. The van der Waals surface area contributed by atoms with Crippen molar-refractivity contribution in [3.63, 3.8) is 0 Å². The van der Waals surface area contributed by atoms with Crippen molar-refractivity contribution in [3.05, 3.63) is 84.4 Å². The van der Waals surface area contributed by atoms with Gasteiger partial charge in [-0.05, 0) is 54.1 Å². The number of amides is 1. The molecule has 1 aromatic heterocycles. The molecule has 0 aliphatic rings. The summed E-state index contributed by atoms with van der Waals surface area (Å²) in [5.74, 6) is 2.03. The monoisotopic (exact) mass is 473 g/mol. The molecule has 0 saturated heterocycles. The minimum atomic E-state index is -0.252. The Labute approximate surface area is 201 Å². The van der Waals surface area contributed by atoms with E-state index in [0.717, 1.165) is 28.3 Å². The van der Waals surface area contributed by atoms with E-state index in [1.54, 1.807) is 20.4 Å². The van der Waals surface area contributed by atoms with Crippen LogP contribution in [0.3, 0.4) is 0 Å². The Morgan fingerprint density at radius 1 is 0.971 bits per heavy atom. The number of aromatic nitrogens is 3. The molecule has 1 N–H and O–H groups in total. The van der Waals surface area contributed by atoms with Crippen molar-refractivity contribution >= 4 is 23.9 Å². The molecule has 0 radical (unpaired) electrons. The quantitative estimate of drug-likeness (QED) is 0.223. The summed E-state index contributed by atoms with van der Waals surface area (Å²) < 4.78 is 12.4. The van der Waals surface area contributed by atoms with Gasteiger partial charge in [0.25, 0.3) is 5.91 Å². The van der Waals surface area contributed by atoms with Gasteiger partial charge in [0.1, 0.15) is 11.5 Å². The van der Waals surface area contributed by atoms with Gasteiger partial charge in [-0.25, -0.2) is 5.43 Å². The van der Waals surface area contributed by atoms with E-state index in [1.165, 1.54) is 11.8 Å². The molecule has 4 rings (SSSR count). The average molecular weight is 474 g/mol. The number of rotatable bonds is 9. The first kappa shape index (κ1) is 23.1. The molecule has 8 nitrogen and oxygen atoms in total. The summed E-state index contributed by atoms with van der Waals surface area (Å²) in [5, 5.41) is 13.4. The first-order valence-electron chi connectivity index (χ1n) is 10.4. The summed E-state index contributed by atoms with van der Waals surface area (Å²) in [6, 6.07) is 24.8. The Kier molecular flexibility index (Phi) is 7.56. The molecule has 0 saturated carbocycles. The van der Waals surface area contributed by atoms with Crippen LogP contribution in [0.4, 0.5) is 0 Å². The van der Waals surface area contributed by atoms with Crippen LogP contribution in [0.15, 0.2) is 89.1 Å². The van der Waals surface area contributed by atoms with Crippen molar-refractivity contribution in [3.8, 4) is 28.6 Å². The predicted molar refractivity (Wildman–Crippen MR) is 133 cm³/mol. The first-order valence-corrected chi connectivity index (χ1v) is 11.4.